The molecule has 1 spiro atoms. The molecule has 0 saturated heterocycles. The molecule has 3 unspecified atom stereocenters. The van der Waals surface area contributed by atoms with Gasteiger partial charge in [0.15, 0.2) is 5.78 Å². The molecule has 2 aliphatic rings. The van der Waals surface area contributed by atoms with Gasteiger partial charge in [0.05, 0.1) is 16.9 Å². The molecule has 0 heterocycles. The van der Waals surface area contributed by atoms with Crippen LogP contribution in [0.4, 0.5) is 0 Å². The lowest BCUT2D eigenvalue weighted by atomic mass is 9.55. The molecule has 8 heteroatoms. The maximum Gasteiger partial charge on any atom is 0.168 e. The fraction of sp³-hybridized carbons (Fsp3) is 0.333. The number of hydrogen-bond donors (Lipinski definition) is 3. The normalized spacial score (nSPS) is 29.5. The molecule has 0 aliphatic heterocycles. The van der Waals surface area contributed by atoms with E-state index in [0.29, 0.717) is 25.7 Å². The average molecular weight is 507 g/mol. The Bertz CT molecular complexity index is 1350. The van der Waals surface area contributed by atoms with Crippen molar-refractivity contribution in [2.24, 2.45) is 20.8 Å². The van der Waals surface area contributed by atoms with E-state index in [1.807, 2.05) is 84.9 Å². The highest BCUT2D eigenvalue weighted by molar-refractivity contribution is 5.94. The van der Waals surface area contributed by atoms with E-state index in [1.54, 1.807) is 0 Å². The lowest BCUT2D eigenvalue weighted by Crippen LogP contribution is -2.51. The smallest absolute Gasteiger partial charge is 0.168 e. The largest absolute Gasteiger partial charge is 0.303 e. The van der Waals surface area contributed by atoms with Crippen LogP contribution in [-0.4, -0.2) is 23.7 Å². The van der Waals surface area contributed by atoms with Crippen LogP contribution in [0.15, 0.2) is 100 Å². The van der Waals surface area contributed by atoms with Gasteiger partial charge in [-0.1, -0.05) is 84.9 Å². The van der Waals surface area contributed by atoms with E-state index in [2.05, 4.69) is 15.3 Å². The van der Waals surface area contributed by atoms with E-state index in [0.717, 1.165) is 28.5 Å². The Morgan fingerprint density at radius 2 is 1.34 bits per heavy atom. The number of benzene rings is 3. The summed E-state index contributed by atoms with van der Waals surface area (Å²) in [5.41, 5.74) is 24.5. The van der Waals surface area contributed by atoms with Crippen LogP contribution in [0, 0.1) is 22.0 Å². The number of nitrogens with zero attached hydrogens (tertiary/aromatic N) is 3. The minimum absolute atomic E-state index is 0.173. The van der Waals surface area contributed by atoms with Crippen molar-refractivity contribution in [2.45, 2.75) is 55.1 Å². The predicted octanol–water partition coefficient (Wildman–Crippen LogP) is 7.27. The summed E-state index contributed by atoms with van der Waals surface area (Å²) < 4.78 is 0. The Morgan fingerprint density at radius 3 is 1.87 bits per heavy atom. The number of hydrogen-bond acceptors (Lipinski definition) is 8. The molecular formula is C30H30N6O2. The number of carbonyl (C=O) groups excluding carboxylic acids is 2. The lowest BCUT2D eigenvalue weighted by molar-refractivity contribution is -0.132. The first kappa shape index (κ1) is 25.4. The van der Waals surface area contributed by atoms with Gasteiger partial charge in [-0.3, -0.25) is 4.79 Å². The molecule has 192 valence electrons. The third kappa shape index (κ3) is 3.74. The van der Waals surface area contributed by atoms with Crippen LogP contribution in [0.1, 0.15) is 49.1 Å². The van der Waals surface area contributed by atoms with Gasteiger partial charge >= 0.3 is 0 Å². The third-order valence-corrected chi connectivity index (χ3v) is 8.94. The molecule has 2 aliphatic carbocycles. The second-order valence-corrected chi connectivity index (χ2v) is 10.5. The molecule has 0 bridgehead atoms. The van der Waals surface area contributed by atoms with Crippen molar-refractivity contribution in [3.8, 4) is 11.1 Å². The Balaban J connectivity index is 1.49. The molecule has 3 aromatic carbocycles. The number of rotatable bonds is 8. The van der Waals surface area contributed by atoms with Crippen molar-refractivity contribution in [2.75, 3.05) is 0 Å². The van der Waals surface area contributed by atoms with Crippen LogP contribution in [-0.2, 0) is 15.1 Å². The number of nitrogens with one attached hydrogen (secondary N) is 3. The summed E-state index contributed by atoms with van der Waals surface area (Å²) in [4.78, 5) is 26.2. The summed E-state index contributed by atoms with van der Waals surface area (Å²) in [6, 6.07) is 26.2. The summed E-state index contributed by atoms with van der Waals surface area (Å²) in [7, 11) is 0. The third-order valence-electron chi connectivity index (χ3n) is 8.94. The van der Waals surface area contributed by atoms with E-state index in [9.17, 15) is 9.59 Å². The highest BCUT2D eigenvalue weighted by Gasteiger charge is 2.67. The molecule has 0 radical (unpaired) electrons. The van der Waals surface area contributed by atoms with Crippen molar-refractivity contribution in [3.63, 3.8) is 0 Å². The zero-order valence-electron chi connectivity index (χ0n) is 21.0. The van der Waals surface area contributed by atoms with Gasteiger partial charge in [0.1, 0.15) is 17.9 Å². The lowest BCUT2D eigenvalue weighted by Gasteiger charge is -2.49. The van der Waals surface area contributed by atoms with Crippen LogP contribution >= 0.6 is 0 Å². The van der Waals surface area contributed by atoms with E-state index in [1.165, 1.54) is 0 Å². The van der Waals surface area contributed by atoms with Crippen LogP contribution in [0.3, 0.4) is 0 Å². The highest BCUT2D eigenvalue weighted by Crippen LogP contribution is 2.63. The van der Waals surface area contributed by atoms with Gasteiger partial charge in [-0.2, -0.15) is 15.3 Å². The number of ketones is 1. The molecule has 0 aromatic heterocycles. The van der Waals surface area contributed by atoms with Gasteiger partial charge in [-0.05, 0) is 47.9 Å². The summed E-state index contributed by atoms with van der Waals surface area (Å²) in [6.45, 7) is 0. The van der Waals surface area contributed by atoms with Gasteiger partial charge < -0.3 is 4.79 Å². The zero-order valence-corrected chi connectivity index (χ0v) is 21.0. The quantitative estimate of drug-likeness (QED) is 0.218. The molecule has 2 fully saturated rings. The average Bonchev–Trinajstić information content (AvgIpc) is 3.23. The predicted molar refractivity (Wildman–Crippen MR) is 141 cm³/mol. The molecule has 3 atom stereocenters. The first-order valence-corrected chi connectivity index (χ1v) is 12.8. The number of aldehydes is 1. The molecule has 2 saturated carbocycles. The molecule has 38 heavy (non-hydrogen) atoms. The first-order chi connectivity index (χ1) is 18.5. The number of carbonyl (C=O) groups is 2. The van der Waals surface area contributed by atoms with Crippen LogP contribution in [0.25, 0.3) is 11.1 Å². The second-order valence-electron chi connectivity index (χ2n) is 10.5. The standard InChI is InChI=1S/C30H30N6O2/c31-34-26-19-30(36-33,24-9-5-2-6-10-24)28(27(26)38)15-17-29(35-32,18-16-28)25(20-37)23-13-11-22(12-14-23)21-7-3-1-4-8-21/h1-14,20,25-26,31-33H,15-19H2. The molecule has 8 nitrogen and oxygen atoms in total. The van der Waals surface area contributed by atoms with Gasteiger partial charge in [0.2, 0.25) is 0 Å². The topological polar surface area (TPSA) is 143 Å². The van der Waals surface area contributed by atoms with E-state index >= 15 is 0 Å². The minimum Gasteiger partial charge on any atom is -0.303 e. The van der Waals surface area contributed by atoms with E-state index in [4.69, 9.17) is 16.6 Å². The zero-order chi connectivity index (χ0) is 26.8. The Kier molecular flexibility index (Phi) is 6.65. The molecule has 3 aromatic rings. The molecule has 0 amide bonds. The second kappa shape index (κ2) is 9.93. The molecule has 3 N–H and O–H groups in total. The Hall–Kier alpha value is -4.20. The van der Waals surface area contributed by atoms with Gasteiger partial charge in [0.25, 0.3) is 0 Å². The summed E-state index contributed by atoms with van der Waals surface area (Å²) in [5, 5.41) is 11.7. The van der Waals surface area contributed by atoms with Gasteiger partial charge in [0, 0.05) is 6.42 Å². The van der Waals surface area contributed by atoms with E-state index in [-0.39, 0.29) is 12.2 Å². The van der Waals surface area contributed by atoms with Gasteiger partial charge in [-0.15, -0.1) is 0 Å². The van der Waals surface area contributed by atoms with Crippen LogP contribution in [0.2, 0.25) is 0 Å². The van der Waals surface area contributed by atoms with Crippen LogP contribution in [0.5, 0.6) is 0 Å². The maximum absolute atomic E-state index is 13.7. The maximum atomic E-state index is 13.7. The highest BCUT2D eigenvalue weighted by atomic mass is 16.1. The SMILES string of the molecule is N=NC1CC(N=N)(c2ccccc2)C2(CCC(N=N)(C(C=O)c3ccc(-c4ccccc4)cc3)CC2)C1=O. The monoisotopic (exact) mass is 506 g/mol. The van der Waals surface area contributed by atoms with Crippen LogP contribution < -0.4 is 0 Å². The summed E-state index contributed by atoms with van der Waals surface area (Å²) in [5.74, 6) is -0.824. The number of Topliss-reactive ketones (excluding diaryl/α,β-unsaturated/α-hetero) is 1. The summed E-state index contributed by atoms with van der Waals surface area (Å²) >= 11 is 0. The fourth-order valence-corrected chi connectivity index (χ4v) is 6.81. The fourth-order valence-electron chi connectivity index (χ4n) is 6.81. The van der Waals surface area contributed by atoms with Crippen molar-refractivity contribution >= 4 is 12.1 Å². The van der Waals surface area contributed by atoms with Crippen molar-refractivity contribution < 1.29 is 9.59 Å². The summed E-state index contributed by atoms with van der Waals surface area (Å²) in [6.07, 6.45) is 2.30. The minimum atomic E-state index is -1.14. The first-order valence-electron chi connectivity index (χ1n) is 12.8. The van der Waals surface area contributed by atoms with Crippen molar-refractivity contribution in [3.05, 3.63) is 96.1 Å². The van der Waals surface area contributed by atoms with E-state index < -0.39 is 28.5 Å². The Labute approximate surface area is 221 Å². The Morgan fingerprint density at radius 1 is 0.763 bits per heavy atom. The molecule has 5 rings (SSSR count). The van der Waals surface area contributed by atoms with Crippen molar-refractivity contribution in [1.82, 2.24) is 0 Å². The molecular weight excluding hydrogens is 476 g/mol. The van der Waals surface area contributed by atoms with Gasteiger partial charge in [-0.25, -0.2) is 16.6 Å². The van der Waals surface area contributed by atoms with Crippen molar-refractivity contribution in [1.29, 1.82) is 16.6 Å².